The van der Waals surface area contributed by atoms with Gasteiger partial charge in [-0.3, -0.25) is 9.78 Å². The van der Waals surface area contributed by atoms with Crippen LogP contribution in [0.25, 0.3) is 22.0 Å². The lowest BCUT2D eigenvalue weighted by atomic mass is 10.1. The van der Waals surface area contributed by atoms with Crippen LogP contribution in [0.3, 0.4) is 0 Å². The summed E-state index contributed by atoms with van der Waals surface area (Å²) in [7, 11) is 3.11. The lowest BCUT2D eigenvalue weighted by Gasteiger charge is -2.14. The number of fused-ring (bicyclic) bond motifs is 1. The Kier molecular flexibility index (Phi) is 4.78. The standard InChI is InChI=1S/C22H19N3O4/c1-27-16-8-14(13-4-6-29-12-13)7-15(9-16)25-19-3-5-24-20-11-21(28-2)18(22(23)26)10-17(19)20/h3-12H,1-2H3,(H2,23,26)(H,24,25). The zero-order valence-electron chi connectivity index (χ0n) is 15.9. The zero-order valence-corrected chi connectivity index (χ0v) is 15.9. The highest BCUT2D eigenvalue weighted by atomic mass is 16.5. The van der Waals surface area contributed by atoms with E-state index in [1.807, 2.05) is 30.3 Å². The van der Waals surface area contributed by atoms with Crippen molar-refractivity contribution in [1.82, 2.24) is 4.98 Å². The molecular weight excluding hydrogens is 370 g/mol. The average molecular weight is 389 g/mol. The molecule has 146 valence electrons. The lowest BCUT2D eigenvalue weighted by molar-refractivity contribution is 0.0997. The molecule has 0 bridgehead atoms. The first-order valence-corrected chi connectivity index (χ1v) is 8.84. The van der Waals surface area contributed by atoms with Crippen LogP contribution in [0.2, 0.25) is 0 Å². The molecule has 3 N–H and O–H groups in total. The highest BCUT2D eigenvalue weighted by molar-refractivity contribution is 6.03. The molecule has 0 aliphatic heterocycles. The van der Waals surface area contributed by atoms with E-state index in [2.05, 4.69) is 10.3 Å². The van der Waals surface area contributed by atoms with Gasteiger partial charge in [0.05, 0.1) is 37.8 Å². The Hall–Kier alpha value is -4.00. The molecule has 0 aliphatic carbocycles. The summed E-state index contributed by atoms with van der Waals surface area (Å²) in [4.78, 5) is 16.2. The molecule has 29 heavy (non-hydrogen) atoms. The molecule has 0 aliphatic rings. The quantitative estimate of drug-likeness (QED) is 0.508. The minimum atomic E-state index is -0.567. The van der Waals surface area contributed by atoms with Crippen molar-refractivity contribution >= 4 is 28.2 Å². The molecule has 0 spiro atoms. The van der Waals surface area contributed by atoms with E-state index >= 15 is 0 Å². The van der Waals surface area contributed by atoms with Crippen molar-refractivity contribution in [2.24, 2.45) is 5.73 Å². The van der Waals surface area contributed by atoms with Gasteiger partial charge in [-0.1, -0.05) is 0 Å². The maximum Gasteiger partial charge on any atom is 0.252 e. The van der Waals surface area contributed by atoms with Gasteiger partial charge >= 0.3 is 0 Å². The van der Waals surface area contributed by atoms with Gasteiger partial charge in [0.25, 0.3) is 5.91 Å². The lowest BCUT2D eigenvalue weighted by Crippen LogP contribution is -2.12. The van der Waals surface area contributed by atoms with Crippen LogP contribution in [0, 0.1) is 0 Å². The topological polar surface area (TPSA) is 99.6 Å². The minimum absolute atomic E-state index is 0.292. The second kappa shape index (κ2) is 7.55. The molecule has 2 aromatic carbocycles. The number of ether oxygens (including phenoxy) is 2. The van der Waals surface area contributed by atoms with Crippen LogP contribution in [0.5, 0.6) is 11.5 Å². The summed E-state index contributed by atoms with van der Waals surface area (Å²) in [6.45, 7) is 0. The normalized spacial score (nSPS) is 10.7. The molecule has 0 saturated carbocycles. The molecule has 0 atom stereocenters. The highest BCUT2D eigenvalue weighted by Gasteiger charge is 2.14. The molecule has 4 aromatic rings. The third-order valence-electron chi connectivity index (χ3n) is 4.60. The first-order valence-electron chi connectivity index (χ1n) is 8.84. The summed E-state index contributed by atoms with van der Waals surface area (Å²) >= 11 is 0. The number of furan rings is 1. The van der Waals surface area contributed by atoms with Gasteiger partial charge in [0.2, 0.25) is 0 Å². The Morgan fingerprint density at radius 3 is 2.62 bits per heavy atom. The molecule has 7 nitrogen and oxygen atoms in total. The summed E-state index contributed by atoms with van der Waals surface area (Å²) in [6.07, 6.45) is 4.98. The van der Waals surface area contributed by atoms with Crippen LogP contribution in [0.15, 0.2) is 65.6 Å². The summed E-state index contributed by atoms with van der Waals surface area (Å²) in [5.74, 6) is 0.518. The Morgan fingerprint density at radius 2 is 1.93 bits per heavy atom. The molecule has 0 fully saturated rings. The van der Waals surface area contributed by atoms with E-state index in [0.29, 0.717) is 22.6 Å². The minimum Gasteiger partial charge on any atom is -0.497 e. The van der Waals surface area contributed by atoms with Gasteiger partial charge in [-0.15, -0.1) is 0 Å². The Bertz CT molecular complexity index is 1190. The van der Waals surface area contributed by atoms with Gasteiger partial charge in [0.1, 0.15) is 11.5 Å². The maximum atomic E-state index is 11.8. The second-order valence-corrected chi connectivity index (χ2v) is 6.38. The van der Waals surface area contributed by atoms with Crippen LogP contribution in [-0.4, -0.2) is 25.1 Å². The first kappa shape index (κ1) is 18.4. The van der Waals surface area contributed by atoms with Crippen molar-refractivity contribution in [1.29, 1.82) is 0 Å². The van der Waals surface area contributed by atoms with Gasteiger partial charge in [0.15, 0.2) is 0 Å². The smallest absolute Gasteiger partial charge is 0.252 e. The fourth-order valence-corrected chi connectivity index (χ4v) is 3.18. The maximum absolute atomic E-state index is 11.8. The van der Waals surface area contributed by atoms with E-state index in [-0.39, 0.29) is 0 Å². The van der Waals surface area contributed by atoms with Crippen LogP contribution in [0.1, 0.15) is 10.4 Å². The number of nitrogens with zero attached hydrogens (tertiary/aromatic N) is 1. The molecule has 2 aromatic heterocycles. The number of carbonyl (C=O) groups excluding carboxylic acids is 1. The van der Waals surface area contributed by atoms with Crippen molar-refractivity contribution in [2.45, 2.75) is 0 Å². The Labute approximate surface area is 167 Å². The van der Waals surface area contributed by atoms with Crippen LogP contribution < -0.4 is 20.5 Å². The number of carbonyl (C=O) groups is 1. The molecule has 2 heterocycles. The average Bonchev–Trinajstić information content (AvgIpc) is 3.27. The zero-order chi connectivity index (χ0) is 20.4. The number of nitrogens with two attached hydrogens (primary N) is 1. The highest BCUT2D eigenvalue weighted by Crippen LogP contribution is 2.34. The number of hydrogen-bond donors (Lipinski definition) is 2. The van der Waals surface area contributed by atoms with Crippen molar-refractivity contribution in [3.63, 3.8) is 0 Å². The fourth-order valence-electron chi connectivity index (χ4n) is 3.18. The molecule has 1 amide bonds. The van der Waals surface area contributed by atoms with E-state index in [0.717, 1.165) is 27.9 Å². The number of anilines is 2. The number of primary amides is 1. The third kappa shape index (κ3) is 3.58. The molecular formula is C22H19N3O4. The van der Waals surface area contributed by atoms with Gasteiger partial charge in [0, 0.05) is 40.7 Å². The number of amides is 1. The monoisotopic (exact) mass is 389 g/mol. The largest absolute Gasteiger partial charge is 0.497 e. The van der Waals surface area contributed by atoms with Gasteiger partial charge in [-0.25, -0.2) is 0 Å². The Morgan fingerprint density at radius 1 is 1.07 bits per heavy atom. The Balaban J connectivity index is 1.81. The molecule has 7 heteroatoms. The molecule has 0 saturated heterocycles. The second-order valence-electron chi connectivity index (χ2n) is 6.38. The number of methoxy groups -OCH3 is 2. The van der Waals surface area contributed by atoms with Gasteiger partial charge < -0.3 is 24.9 Å². The fraction of sp³-hybridized carbons (Fsp3) is 0.0909. The van der Waals surface area contributed by atoms with Gasteiger partial charge in [-0.2, -0.15) is 0 Å². The van der Waals surface area contributed by atoms with E-state index in [4.69, 9.17) is 19.6 Å². The van der Waals surface area contributed by atoms with E-state index in [9.17, 15) is 4.79 Å². The van der Waals surface area contributed by atoms with Crippen molar-refractivity contribution in [3.8, 4) is 22.6 Å². The summed E-state index contributed by atoms with van der Waals surface area (Å²) in [6, 6.07) is 12.9. The van der Waals surface area contributed by atoms with E-state index in [1.165, 1.54) is 7.11 Å². The van der Waals surface area contributed by atoms with Crippen molar-refractivity contribution < 1.29 is 18.7 Å². The molecule has 0 unspecified atom stereocenters. The van der Waals surface area contributed by atoms with Crippen molar-refractivity contribution in [2.75, 3.05) is 19.5 Å². The number of pyridine rings is 1. The predicted molar refractivity (Wildman–Crippen MR) is 111 cm³/mol. The van der Waals surface area contributed by atoms with E-state index < -0.39 is 5.91 Å². The van der Waals surface area contributed by atoms with Crippen LogP contribution in [0.4, 0.5) is 11.4 Å². The number of hydrogen-bond acceptors (Lipinski definition) is 6. The SMILES string of the molecule is COc1cc(Nc2ccnc3cc(OC)c(C(N)=O)cc23)cc(-c2ccoc2)c1. The first-order chi connectivity index (χ1) is 14.1. The number of aromatic nitrogens is 1. The summed E-state index contributed by atoms with van der Waals surface area (Å²) in [5, 5.41) is 4.13. The number of rotatable bonds is 6. The van der Waals surface area contributed by atoms with E-state index in [1.54, 1.807) is 38.0 Å². The third-order valence-corrected chi connectivity index (χ3v) is 4.60. The molecule has 4 rings (SSSR count). The van der Waals surface area contributed by atoms with Gasteiger partial charge in [-0.05, 0) is 35.9 Å². The van der Waals surface area contributed by atoms with Crippen LogP contribution in [-0.2, 0) is 0 Å². The molecule has 0 radical (unpaired) electrons. The van der Waals surface area contributed by atoms with Crippen molar-refractivity contribution in [3.05, 3.63) is 66.8 Å². The number of benzene rings is 2. The van der Waals surface area contributed by atoms with Crippen LogP contribution >= 0.6 is 0 Å². The summed E-state index contributed by atoms with van der Waals surface area (Å²) in [5.41, 5.74) is 9.94. The predicted octanol–water partition coefficient (Wildman–Crippen LogP) is 4.35. The number of nitrogens with one attached hydrogen (secondary N) is 1. The summed E-state index contributed by atoms with van der Waals surface area (Å²) < 4.78 is 15.9.